The van der Waals surface area contributed by atoms with Crippen molar-refractivity contribution in [2.24, 2.45) is 7.05 Å². The fourth-order valence-electron chi connectivity index (χ4n) is 2.83. The molecule has 1 aromatic heterocycles. The van der Waals surface area contributed by atoms with Crippen molar-refractivity contribution in [3.05, 3.63) is 17.0 Å². The molecule has 92 valence electrons. The maximum Gasteiger partial charge on any atom is 0.0715 e. The fraction of sp³-hybridized carbons (Fsp3) is 0.714. The Morgan fingerprint density at radius 2 is 2.18 bits per heavy atom. The highest BCUT2D eigenvalue weighted by atomic mass is 15.3. The molecule has 0 radical (unpaired) electrons. The van der Waals surface area contributed by atoms with Crippen molar-refractivity contribution in [1.82, 2.24) is 9.78 Å². The van der Waals surface area contributed by atoms with Crippen molar-refractivity contribution in [3.63, 3.8) is 0 Å². The first kappa shape index (κ1) is 12.2. The molecule has 0 fully saturated rings. The van der Waals surface area contributed by atoms with Crippen LogP contribution in [0.3, 0.4) is 0 Å². The number of nitriles is 1. The fourth-order valence-corrected chi connectivity index (χ4v) is 2.83. The predicted molar refractivity (Wildman–Crippen MR) is 67.8 cm³/mol. The monoisotopic (exact) mass is 231 g/mol. The van der Waals surface area contributed by atoms with Crippen molar-refractivity contribution in [2.75, 3.05) is 0 Å². The molecule has 0 saturated heterocycles. The van der Waals surface area contributed by atoms with Crippen molar-refractivity contribution < 1.29 is 0 Å². The van der Waals surface area contributed by atoms with E-state index < -0.39 is 0 Å². The van der Waals surface area contributed by atoms with Crippen molar-refractivity contribution in [3.8, 4) is 6.07 Å². The lowest BCUT2D eigenvalue weighted by Gasteiger charge is -2.25. The van der Waals surface area contributed by atoms with Gasteiger partial charge in [0.05, 0.1) is 11.8 Å². The maximum atomic E-state index is 8.97. The second kappa shape index (κ2) is 4.18. The molecule has 0 saturated carbocycles. The van der Waals surface area contributed by atoms with Crippen LogP contribution in [0.2, 0.25) is 0 Å². The summed E-state index contributed by atoms with van der Waals surface area (Å²) in [4.78, 5) is 0. The van der Waals surface area contributed by atoms with Crippen LogP contribution in [-0.4, -0.2) is 9.78 Å². The maximum absolute atomic E-state index is 8.97. The molecule has 3 heteroatoms. The van der Waals surface area contributed by atoms with Crippen molar-refractivity contribution in [2.45, 2.75) is 57.8 Å². The lowest BCUT2D eigenvalue weighted by Crippen LogP contribution is -2.18. The van der Waals surface area contributed by atoms with Crippen molar-refractivity contribution >= 4 is 0 Å². The topological polar surface area (TPSA) is 41.6 Å². The van der Waals surface area contributed by atoms with Gasteiger partial charge in [0.15, 0.2) is 0 Å². The predicted octanol–water partition coefficient (Wildman–Crippen LogP) is 3.05. The van der Waals surface area contributed by atoms with E-state index in [0.717, 1.165) is 12.8 Å². The lowest BCUT2D eigenvalue weighted by molar-refractivity contribution is 0.520. The summed E-state index contributed by atoms with van der Waals surface area (Å²) in [6.45, 7) is 6.61. The molecule has 1 atom stereocenters. The van der Waals surface area contributed by atoms with E-state index in [9.17, 15) is 0 Å². The highest BCUT2D eigenvalue weighted by molar-refractivity contribution is 5.37. The standard InChI is InChI=1S/C14H21N3/c1-14(2,3)13-12-10(8-9-15)6-5-7-11(12)17(4)16-13/h10H,5-8H2,1-4H3. The van der Waals surface area contributed by atoms with Crippen LogP contribution in [0.5, 0.6) is 0 Å². The van der Waals surface area contributed by atoms with Gasteiger partial charge in [-0.05, 0) is 19.3 Å². The molecule has 0 bridgehead atoms. The van der Waals surface area contributed by atoms with Crippen LogP contribution in [0.4, 0.5) is 0 Å². The van der Waals surface area contributed by atoms with Crippen molar-refractivity contribution in [1.29, 1.82) is 5.26 Å². The quantitative estimate of drug-likeness (QED) is 0.745. The normalized spacial score (nSPS) is 19.8. The van der Waals surface area contributed by atoms with E-state index in [1.807, 2.05) is 11.7 Å². The number of hydrogen-bond acceptors (Lipinski definition) is 2. The molecule has 1 aromatic rings. The van der Waals surface area contributed by atoms with Gasteiger partial charge in [-0.1, -0.05) is 20.8 Å². The minimum Gasteiger partial charge on any atom is -0.272 e. The minimum absolute atomic E-state index is 0.0659. The van der Waals surface area contributed by atoms with Crippen LogP contribution < -0.4 is 0 Å². The number of nitrogens with zero attached hydrogens (tertiary/aromatic N) is 3. The smallest absolute Gasteiger partial charge is 0.0715 e. The van der Waals surface area contributed by atoms with Gasteiger partial charge in [-0.2, -0.15) is 10.4 Å². The first-order chi connectivity index (χ1) is 7.95. The Bertz CT molecular complexity index is 457. The van der Waals surface area contributed by atoms with Crippen LogP contribution in [0, 0.1) is 11.3 Å². The average Bonchev–Trinajstić information content (AvgIpc) is 2.58. The van der Waals surface area contributed by atoms with E-state index in [0.29, 0.717) is 12.3 Å². The summed E-state index contributed by atoms with van der Waals surface area (Å²) in [6, 6.07) is 2.33. The zero-order chi connectivity index (χ0) is 12.6. The molecule has 0 amide bonds. The highest BCUT2D eigenvalue weighted by Crippen LogP contribution is 2.39. The summed E-state index contributed by atoms with van der Waals surface area (Å²) in [7, 11) is 2.03. The third-order valence-corrected chi connectivity index (χ3v) is 3.63. The highest BCUT2D eigenvalue weighted by Gasteiger charge is 2.32. The number of rotatable bonds is 1. The number of aryl methyl sites for hydroxylation is 1. The lowest BCUT2D eigenvalue weighted by atomic mass is 9.78. The van der Waals surface area contributed by atoms with Gasteiger partial charge in [0.2, 0.25) is 0 Å². The zero-order valence-electron chi connectivity index (χ0n) is 11.2. The molecule has 3 nitrogen and oxygen atoms in total. The molecule has 0 N–H and O–H groups in total. The number of hydrogen-bond donors (Lipinski definition) is 0. The van der Waals surface area contributed by atoms with Gasteiger partial charge < -0.3 is 0 Å². The molecule has 0 spiro atoms. The third-order valence-electron chi connectivity index (χ3n) is 3.63. The molecule has 1 aliphatic rings. The number of fused-ring (bicyclic) bond motifs is 1. The Hall–Kier alpha value is -1.30. The summed E-state index contributed by atoms with van der Waals surface area (Å²) < 4.78 is 2.03. The van der Waals surface area contributed by atoms with Crippen LogP contribution in [0.15, 0.2) is 0 Å². The van der Waals surface area contributed by atoms with Gasteiger partial charge in [-0.25, -0.2) is 0 Å². The van der Waals surface area contributed by atoms with Gasteiger partial charge in [0, 0.05) is 36.1 Å². The molecule has 1 aliphatic carbocycles. The Kier molecular flexibility index (Phi) is 2.99. The van der Waals surface area contributed by atoms with Gasteiger partial charge in [0.1, 0.15) is 0 Å². The Labute approximate surface area is 103 Å². The molecule has 17 heavy (non-hydrogen) atoms. The van der Waals surface area contributed by atoms with Gasteiger partial charge in [0.25, 0.3) is 0 Å². The SMILES string of the molecule is Cn1nc(C(C)(C)C)c2c1CCCC2CC#N. The van der Waals surface area contributed by atoms with E-state index in [1.54, 1.807) is 0 Å². The van der Waals surface area contributed by atoms with Crippen LogP contribution >= 0.6 is 0 Å². The Morgan fingerprint density at radius 1 is 1.47 bits per heavy atom. The molecule has 0 aromatic carbocycles. The van der Waals surface area contributed by atoms with E-state index in [4.69, 9.17) is 10.4 Å². The second-order valence-corrected chi connectivity index (χ2v) is 6.03. The zero-order valence-corrected chi connectivity index (χ0v) is 11.2. The van der Waals surface area contributed by atoms with Gasteiger partial charge in [-0.15, -0.1) is 0 Å². The number of aromatic nitrogens is 2. The second-order valence-electron chi connectivity index (χ2n) is 6.03. The van der Waals surface area contributed by atoms with Crippen LogP contribution in [0.1, 0.15) is 62.9 Å². The molecular formula is C14H21N3. The van der Waals surface area contributed by atoms with E-state index >= 15 is 0 Å². The first-order valence-electron chi connectivity index (χ1n) is 6.38. The third kappa shape index (κ3) is 2.09. The average molecular weight is 231 g/mol. The molecule has 2 rings (SSSR count). The Morgan fingerprint density at radius 3 is 2.76 bits per heavy atom. The summed E-state index contributed by atoms with van der Waals surface area (Å²) in [5, 5.41) is 13.7. The van der Waals surface area contributed by atoms with E-state index in [2.05, 4.69) is 26.8 Å². The van der Waals surface area contributed by atoms with Crippen LogP contribution in [0.25, 0.3) is 0 Å². The summed E-state index contributed by atoms with van der Waals surface area (Å²) in [5.74, 6) is 0.395. The van der Waals surface area contributed by atoms with Gasteiger partial charge >= 0.3 is 0 Å². The molecular weight excluding hydrogens is 210 g/mol. The van der Waals surface area contributed by atoms with Gasteiger partial charge in [-0.3, -0.25) is 4.68 Å². The Balaban J connectivity index is 2.54. The summed E-state index contributed by atoms with van der Waals surface area (Å²) in [5.41, 5.74) is 3.97. The van der Waals surface area contributed by atoms with Crippen LogP contribution in [-0.2, 0) is 18.9 Å². The molecule has 1 unspecified atom stereocenters. The summed E-state index contributed by atoms with van der Waals surface area (Å²) >= 11 is 0. The first-order valence-corrected chi connectivity index (χ1v) is 6.38. The molecule has 0 aliphatic heterocycles. The largest absolute Gasteiger partial charge is 0.272 e. The van der Waals surface area contributed by atoms with E-state index in [-0.39, 0.29) is 5.41 Å². The summed E-state index contributed by atoms with van der Waals surface area (Å²) in [6.07, 6.45) is 4.05. The molecule has 1 heterocycles. The minimum atomic E-state index is 0.0659. The van der Waals surface area contributed by atoms with E-state index in [1.165, 1.54) is 23.4 Å².